The predicted molar refractivity (Wildman–Crippen MR) is 91.0 cm³/mol. The van der Waals surface area contributed by atoms with Gasteiger partial charge in [0.15, 0.2) is 5.96 Å². The number of aliphatic hydroxyl groups is 1. The summed E-state index contributed by atoms with van der Waals surface area (Å²) in [6.45, 7) is 5.01. The lowest BCUT2D eigenvalue weighted by Gasteiger charge is -2.20. The minimum Gasteiger partial charge on any atom is -0.383 e. The van der Waals surface area contributed by atoms with Crippen molar-refractivity contribution in [1.82, 2.24) is 20.4 Å². The van der Waals surface area contributed by atoms with Crippen LogP contribution in [0.3, 0.4) is 0 Å². The van der Waals surface area contributed by atoms with Crippen molar-refractivity contribution in [3.05, 3.63) is 18.0 Å². The third-order valence-corrected chi connectivity index (χ3v) is 2.57. The van der Waals surface area contributed by atoms with Gasteiger partial charge in [-0.15, -0.1) is 30.4 Å². The van der Waals surface area contributed by atoms with E-state index in [-0.39, 0.29) is 30.5 Å². The second kappa shape index (κ2) is 8.81. The molecule has 0 aliphatic heterocycles. The molecule has 1 heterocycles. The van der Waals surface area contributed by atoms with Crippen LogP contribution in [0.2, 0.25) is 0 Å². The highest BCUT2D eigenvalue weighted by molar-refractivity contribution is 14.0. The largest absolute Gasteiger partial charge is 0.383 e. The van der Waals surface area contributed by atoms with E-state index in [4.69, 9.17) is 6.42 Å². The van der Waals surface area contributed by atoms with Crippen LogP contribution in [0.1, 0.15) is 19.4 Å². The highest BCUT2D eigenvalue weighted by atomic mass is 127. The monoisotopic (exact) mass is 391 g/mol. The maximum atomic E-state index is 10.4. The number of rotatable bonds is 5. The number of hydrogen-bond donors (Lipinski definition) is 3. The van der Waals surface area contributed by atoms with Gasteiger partial charge >= 0.3 is 0 Å². The molecule has 6 nitrogen and oxygen atoms in total. The number of guanidine groups is 1. The molecule has 1 aromatic rings. The summed E-state index contributed by atoms with van der Waals surface area (Å²) in [6, 6.07) is 0. The first-order chi connectivity index (χ1) is 8.99. The SMILES string of the molecule is C#CCNC(=NCC(C)(O)c1cnn(C)c1)NCC.I. The summed E-state index contributed by atoms with van der Waals surface area (Å²) in [5.41, 5.74) is -0.334. The molecule has 112 valence electrons. The Morgan fingerprint density at radius 2 is 2.30 bits per heavy atom. The van der Waals surface area contributed by atoms with E-state index in [1.807, 2.05) is 6.92 Å². The van der Waals surface area contributed by atoms with E-state index >= 15 is 0 Å². The van der Waals surface area contributed by atoms with E-state index in [0.717, 1.165) is 12.1 Å². The van der Waals surface area contributed by atoms with Crippen LogP contribution in [0.5, 0.6) is 0 Å². The van der Waals surface area contributed by atoms with Gasteiger partial charge in [0.05, 0.1) is 19.3 Å². The minimum atomic E-state index is -1.06. The summed E-state index contributed by atoms with van der Waals surface area (Å²) in [4.78, 5) is 4.32. The number of halogens is 1. The first kappa shape index (κ1) is 18.7. The van der Waals surface area contributed by atoms with Crippen LogP contribution in [-0.2, 0) is 12.6 Å². The van der Waals surface area contributed by atoms with Crippen LogP contribution in [0.15, 0.2) is 17.4 Å². The van der Waals surface area contributed by atoms with Crippen molar-refractivity contribution in [2.75, 3.05) is 19.6 Å². The van der Waals surface area contributed by atoms with Gasteiger partial charge in [-0.25, -0.2) is 4.99 Å². The molecule has 20 heavy (non-hydrogen) atoms. The molecule has 1 unspecified atom stereocenters. The molecule has 1 rings (SSSR count). The fourth-order valence-electron chi connectivity index (χ4n) is 1.50. The Kier molecular flexibility index (Phi) is 8.25. The Balaban J connectivity index is 0.00000361. The summed E-state index contributed by atoms with van der Waals surface area (Å²) in [6.07, 6.45) is 8.60. The maximum absolute atomic E-state index is 10.4. The van der Waals surface area contributed by atoms with Gasteiger partial charge in [0.1, 0.15) is 5.60 Å². The lowest BCUT2D eigenvalue weighted by Crippen LogP contribution is -2.39. The first-order valence-electron chi connectivity index (χ1n) is 6.16. The summed E-state index contributed by atoms with van der Waals surface area (Å²) in [5.74, 6) is 3.07. The molecule has 0 spiro atoms. The van der Waals surface area contributed by atoms with Gasteiger partial charge in [-0.1, -0.05) is 5.92 Å². The lowest BCUT2D eigenvalue weighted by molar-refractivity contribution is 0.0672. The molecule has 0 saturated heterocycles. The van der Waals surface area contributed by atoms with E-state index in [0.29, 0.717) is 12.5 Å². The van der Waals surface area contributed by atoms with Crippen molar-refractivity contribution < 1.29 is 5.11 Å². The predicted octanol–water partition coefficient (Wildman–Crippen LogP) is 0.434. The Bertz CT molecular complexity index is 475. The van der Waals surface area contributed by atoms with Crippen molar-refractivity contribution >= 4 is 29.9 Å². The number of hydrogen-bond acceptors (Lipinski definition) is 3. The number of nitrogens with zero attached hydrogens (tertiary/aromatic N) is 3. The smallest absolute Gasteiger partial charge is 0.192 e. The van der Waals surface area contributed by atoms with Crippen LogP contribution in [0.25, 0.3) is 0 Å². The average molecular weight is 391 g/mol. The molecule has 1 aromatic heterocycles. The summed E-state index contributed by atoms with van der Waals surface area (Å²) >= 11 is 0. The molecule has 0 fully saturated rings. The number of aryl methyl sites for hydroxylation is 1. The Hall–Kier alpha value is -1.27. The van der Waals surface area contributed by atoms with Gasteiger partial charge in [0, 0.05) is 25.4 Å². The van der Waals surface area contributed by atoms with E-state index in [1.165, 1.54) is 0 Å². The molecule has 0 aliphatic rings. The minimum absolute atomic E-state index is 0. The highest BCUT2D eigenvalue weighted by Crippen LogP contribution is 2.19. The normalized spacial score (nSPS) is 13.8. The van der Waals surface area contributed by atoms with Crippen LogP contribution in [0, 0.1) is 12.3 Å². The van der Waals surface area contributed by atoms with Crippen LogP contribution in [0.4, 0.5) is 0 Å². The molecule has 0 amide bonds. The van der Waals surface area contributed by atoms with Crippen molar-refractivity contribution in [2.45, 2.75) is 19.4 Å². The number of nitrogens with one attached hydrogen (secondary N) is 2. The lowest BCUT2D eigenvalue weighted by atomic mass is 10.0. The molecule has 0 aromatic carbocycles. The topological polar surface area (TPSA) is 74.5 Å². The van der Waals surface area contributed by atoms with Crippen molar-refractivity contribution in [1.29, 1.82) is 0 Å². The summed E-state index contributed by atoms with van der Waals surface area (Å²) in [5, 5.41) is 20.5. The summed E-state index contributed by atoms with van der Waals surface area (Å²) < 4.78 is 1.65. The number of aromatic nitrogens is 2. The fourth-order valence-corrected chi connectivity index (χ4v) is 1.50. The van der Waals surface area contributed by atoms with E-state index in [9.17, 15) is 5.11 Å². The Morgan fingerprint density at radius 3 is 2.80 bits per heavy atom. The molecule has 0 bridgehead atoms. The summed E-state index contributed by atoms with van der Waals surface area (Å²) in [7, 11) is 1.81. The van der Waals surface area contributed by atoms with Crippen LogP contribution >= 0.6 is 24.0 Å². The quantitative estimate of drug-likeness (QED) is 0.295. The van der Waals surface area contributed by atoms with Gasteiger partial charge in [-0.05, 0) is 13.8 Å². The van der Waals surface area contributed by atoms with Crippen LogP contribution < -0.4 is 10.6 Å². The Labute approximate surface area is 137 Å². The highest BCUT2D eigenvalue weighted by Gasteiger charge is 2.24. The van der Waals surface area contributed by atoms with Crippen molar-refractivity contribution in [3.8, 4) is 12.3 Å². The Morgan fingerprint density at radius 1 is 1.60 bits per heavy atom. The van der Waals surface area contributed by atoms with Crippen molar-refractivity contribution in [2.24, 2.45) is 12.0 Å². The molecular formula is C13H22IN5O. The second-order valence-corrected chi connectivity index (χ2v) is 4.43. The van der Waals surface area contributed by atoms with Gasteiger partial charge in [-0.3, -0.25) is 4.68 Å². The number of aliphatic imine (C=N–C) groups is 1. The number of terminal acetylenes is 1. The molecular weight excluding hydrogens is 369 g/mol. The molecule has 0 saturated carbocycles. The molecule has 7 heteroatoms. The first-order valence-corrected chi connectivity index (χ1v) is 6.16. The third-order valence-electron chi connectivity index (χ3n) is 2.57. The van der Waals surface area contributed by atoms with Gasteiger partial charge < -0.3 is 15.7 Å². The standard InChI is InChI=1S/C13H21N5O.HI/c1-5-7-15-12(14-6-2)16-10-13(3,19)11-8-17-18(4)9-11;/h1,8-9,19H,6-7,10H2,2-4H3,(H2,14,15,16);1H. The van der Waals surface area contributed by atoms with Gasteiger partial charge in [-0.2, -0.15) is 5.10 Å². The van der Waals surface area contributed by atoms with Crippen molar-refractivity contribution in [3.63, 3.8) is 0 Å². The maximum Gasteiger partial charge on any atom is 0.192 e. The zero-order chi connectivity index (χ0) is 14.3. The third kappa shape index (κ3) is 5.79. The van der Waals surface area contributed by atoms with E-state index < -0.39 is 5.60 Å². The zero-order valence-corrected chi connectivity index (χ0v) is 14.4. The van der Waals surface area contributed by atoms with Gasteiger partial charge in [0.2, 0.25) is 0 Å². The second-order valence-electron chi connectivity index (χ2n) is 4.43. The molecule has 1 atom stereocenters. The molecule has 0 radical (unpaired) electrons. The van der Waals surface area contributed by atoms with E-state index in [2.05, 4.69) is 26.6 Å². The average Bonchev–Trinajstić information content (AvgIpc) is 2.80. The van der Waals surface area contributed by atoms with Crippen LogP contribution in [-0.4, -0.2) is 40.5 Å². The van der Waals surface area contributed by atoms with Gasteiger partial charge in [0.25, 0.3) is 0 Å². The van der Waals surface area contributed by atoms with E-state index in [1.54, 1.807) is 31.0 Å². The zero-order valence-electron chi connectivity index (χ0n) is 12.1. The molecule has 0 aliphatic carbocycles. The molecule has 3 N–H and O–H groups in total. The fraction of sp³-hybridized carbons (Fsp3) is 0.538.